The van der Waals surface area contributed by atoms with Gasteiger partial charge in [0, 0.05) is 16.8 Å². The van der Waals surface area contributed by atoms with Crippen LogP contribution in [0.15, 0.2) is 188 Å². The zero-order valence-electron chi connectivity index (χ0n) is 28.1. The van der Waals surface area contributed by atoms with Crippen LogP contribution in [-0.4, -0.2) is 6.04 Å². The number of para-hydroxylation sites is 1. The molecule has 1 unspecified atom stereocenters. The van der Waals surface area contributed by atoms with Crippen LogP contribution in [0.1, 0.15) is 28.7 Å². The van der Waals surface area contributed by atoms with E-state index in [0.29, 0.717) is 0 Å². The van der Waals surface area contributed by atoms with Crippen LogP contribution in [0.5, 0.6) is 0 Å². The second kappa shape index (κ2) is 15.8. The maximum Gasteiger partial charge on any atom is 0.0560 e. The Morgan fingerprint density at radius 1 is 0.479 bits per heavy atom. The third-order valence-electron chi connectivity index (χ3n) is 8.80. The van der Waals surface area contributed by atoms with Crippen molar-refractivity contribution in [3.8, 4) is 0 Å². The molecule has 1 heteroatoms. The SMILES string of the molecule is Cc1ccc(C2=CCC(N(c3ccccc3)c3cccc4ccccc34)C=C2)cc1.Cc1cccc2ccccc12.Cc1ccccc1. The highest BCUT2D eigenvalue weighted by Crippen LogP contribution is 2.37. The van der Waals surface area contributed by atoms with Gasteiger partial charge in [-0.15, -0.1) is 0 Å². The topological polar surface area (TPSA) is 3.24 Å². The average Bonchev–Trinajstić information content (AvgIpc) is 3.14. The molecular formula is C47H43N. The zero-order valence-corrected chi connectivity index (χ0v) is 28.1. The molecule has 0 N–H and O–H groups in total. The normalized spacial score (nSPS) is 13.5. The zero-order chi connectivity index (χ0) is 33.1. The molecule has 48 heavy (non-hydrogen) atoms. The smallest absolute Gasteiger partial charge is 0.0560 e. The molecule has 1 aliphatic carbocycles. The molecule has 236 valence electrons. The van der Waals surface area contributed by atoms with Crippen molar-refractivity contribution in [2.45, 2.75) is 33.2 Å². The Morgan fingerprint density at radius 2 is 1.02 bits per heavy atom. The maximum absolute atomic E-state index is 2.47. The van der Waals surface area contributed by atoms with Crippen molar-refractivity contribution in [3.05, 3.63) is 210 Å². The molecule has 0 bridgehead atoms. The average molecular weight is 622 g/mol. The molecule has 0 fully saturated rings. The summed E-state index contributed by atoms with van der Waals surface area (Å²) in [7, 11) is 0. The number of benzene rings is 7. The quantitative estimate of drug-likeness (QED) is 0.189. The monoisotopic (exact) mass is 621 g/mol. The third kappa shape index (κ3) is 8.00. The van der Waals surface area contributed by atoms with Gasteiger partial charge in [0.2, 0.25) is 0 Å². The largest absolute Gasteiger partial charge is 0.334 e. The van der Waals surface area contributed by atoms with Crippen molar-refractivity contribution in [1.82, 2.24) is 0 Å². The first kappa shape index (κ1) is 32.3. The van der Waals surface area contributed by atoms with E-state index < -0.39 is 0 Å². The third-order valence-corrected chi connectivity index (χ3v) is 8.80. The highest BCUT2D eigenvalue weighted by Gasteiger charge is 2.22. The fourth-order valence-corrected chi connectivity index (χ4v) is 6.20. The lowest BCUT2D eigenvalue weighted by Crippen LogP contribution is -2.30. The minimum Gasteiger partial charge on any atom is -0.334 e. The molecular weight excluding hydrogens is 579 g/mol. The molecule has 7 aromatic carbocycles. The Balaban J connectivity index is 0.000000180. The summed E-state index contributed by atoms with van der Waals surface area (Å²) in [6.07, 6.45) is 7.97. The van der Waals surface area contributed by atoms with Crippen molar-refractivity contribution in [1.29, 1.82) is 0 Å². The van der Waals surface area contributed by atoms with Gasteiger partial charge >= 0.3 is 0 Å². The summed E-state index contributed by atoms with van der Waals surface area (Å²) in [5.74, 6) is 0. The van der Waals surface area contributed by atoms with E-state index in [-0.39, 0.29) is 6.04 Å². The molecule has 1 nitrogen and oxygen atoms in total. The van der Waals surface area contributed by atoms with Gasteiger partial charge in [0.15, 0.2) is 0 Å². The van der Waals surface area contributed by atoms with E-state index in [4.69, 9.17) is 0 Å². The van der Waals surface area contributed by atoms with Crippen LogP contribution in [0.4, 0.5) is 11.4 Å². The summed E-state index contributed by atoms with van der Waals surface area (Å²) in [6, 6.07) is 60.1. The lowest BCUT2D eigenvalue weighted by atomic mass is 9.94. The van der Waals surface area contributed by atoms with Crippen LogP contribution in [0.25, 0.3) is 27.1 Å². The van der Waals surface area contributed by atoms with Crippen LogP contribution in [-0.2, 0) is 0 Å². The van der Waals surface area contributed by atoms with Gasteiger partial charge in [-0.25, -0.2) is 0 Å². The number of fused-ring (bicyclic) bond motifs is 2. The summed E-state index contributed by atoms with van der Waals surface area (Å²) in [5, 5.41) is 5.24. The predicted octanol–water partition coefficient (Wildman–Crippen LogP) is 12.8. The Labute approximate surface area is 286 Å². The van der Waals surface area contributed by atoms with Crippen LogP contribution >= 0.6 is 0 Å². The minimum atomic E-state index is 0.271. The second-order valence-electron chi connectivity index (χ2n) is 12.3. The molecule has 7 aromatic rings. The first-order valence-electron chi connectivity index (χ1n) is 16.8. The molecule has 0 radical (unpaired) electrons. The van der Waals surface area contributed by atoms with Gasteiger partial charge in [-0.1, -0.05) is 181 Å². The van der Waals surface area contributed by atoms with Gasteiger partial charge in [-0.3, -0.25) is 0 Å². The molecule has 0 heterocycles. The summed E-state index contributed by atoms with van der Waals surface area (Å²) in [4.78, 5) is 2.47. The second-order valence-corrected chi connectivity index (χ2v) is 12.3. The number of hydrogen-bond donors (Lipinski definition) is 0. The molecule has 0 saturated carbocycles. The van der Waals surface area contributed by atoms with Gasteiger partial charge in [0.1, 0.15) is 0 Å². The van der Waals surface area contributed by atoms with Crippen molar-refractivity contribution in [2.75, 3.05) is 4.90 Å². The molecule has 0 aliphatic heterocycles. The highest BCUT2D eigenvalue weighted by atomic mass is 15.2. The standard InChI is InChI=1S/C29H25N.C11H10.C7H8/c1-22-14-16-23(17-15-22)24-18-20-27(21-19-24)30(26-10-3-2-4-11-26)29-13-7-9-25-8-5-6-12-28(25)29;1-9-5-4-7-10-6-2-3-8-11(9)10;1-7-5-3-2-4-6-7/h2-20,27H,21H2,1H3;2-8H,1H3;2-6H,1H3. The Morgan fingerprint density at radius 3 is 1.62 bits per heavy atom. The molecule has 0 saturated heterocycles. The Kier molecular flexibility index (Phi) is 10.6. The summed E-state index contributed by atoms with van der Waals surface area (Å²) in [5.41, 5.74) is 9.02. The number of anilines is 2. The Hall–Kier alpha value is -5.66. The summed E-state index contributed by atoms with van der Waals surface area (Å²) >= 11 is 0. The van der Waals surface area contributed by atoms with Crippen molar-refractivity contribution in [3.63, 3.8) is 0 Å². The van der Waals surface area contributed by atoms with Crippen LogP contribution in [0.2, 0.25) is 0 Å². The predicted molar refractivity (Wildman–Crippen MR) is 209 cm³/mol. The summed E-state index contributed by atoms with van der Waals surface area (Å²) < 4.78 is 0. The molecule has 1 atom stereocenters. The number of allylic oxidation sites excluding steroid dienone is 2. The van der Waals surface area contributed by atoms with Crippen LogP contribution in [0, 0.1) is 20.8 Å². The lowest BCUT2D eigenvalue weighted by Gasteiger charge is -2.34. The van der Waals surface area contributed by atoms with Gasteiger partial charge in [-0.2, -0.15) is 0 Å². The van der Waals surface area contributed by atoms with Crippen molar-refractivity contribution < 1.29 is 0 Å². The minimum absolute atomic E-state index is 0.271. The molecule has 8 rings (SSSR count). The fraction of sp³-hybridized carbons (Fsp3) is 0.106. The van der Waals surface area contributed by atoms with Gasteiger partial charge in [0.25, 0.3) is 0 Å². The van der Waals surface area contributed by atoms with E-state index in [1.54, 1.807) is 0 Å². The number of nitrogens with zero attached hydrogens (tertiary/aromatic N) is 1. The van der Waals surface area contributed by atoms with E-state index in [0.717, 1.165) is 6.42 Å². The number of hydrogen-bond acceptors (Lipinski definition) is 1. The molecule has 0 amide bonds. The van der Waals surface area contributed by atoms with Crippen LogP contribution in [0.3, 0.4) is 0 Å². The number of rotatable bonds is 4. The Bertz CT molecular complexity index is 2110. The first-order valence-corrected chi connectivity index (χ1v) is 16.8. The van der Waals surface area contributed by atoms with Gasteiger partial charge in [0.05, 0.1) is 6.04 Å². The van der Waals surface area contributed by atoms with E-state index in [1.807, 2.05) is 18.2 Å². The van der Waals surface area contributed by atoms with Gasteiger partial charge < -0.3 is 4.90 Å². The highest BCUT2D eigenvalue weighted by molar-refractivity contribution is 5.96. The molecule has 0 aromatic heterocycles. The van der Waals surface area contributed by atoms with Gasteiger partial charge in [-0.05, 0) is 78.2 Å². The summed E-state index contributed by atoms with van der Waals surface area (Å²) in [6.45, 7) is 6.36. The van der Waals surface area contributed by atoms with E-state index in [1.165, 1.54) is 60.7 Å². The maximum atomic E-state index is 2.47. The van der Waals surface area contributed by atoms with Crippen LogP contribution < -0.4 is 4.90 Å². The lowest BCUT2D eigenvalue weighted by molar-refractivity contribution is 0.789. The van der Waals surface area contributed by atoms with E-state index in [2.05, 4.69) is 196 Å². The molecule has 1 aliphatic rings. The fourth-order valence-electron chi connectivity index (χ4n) is 6.20. The molecule has 0 spiro atoms. The van der Waals surface area contributed by atoms with Crippen molar-refractivity contribution >= 4 is 38.5 Å². The van der Waals surface area contributed by atoms with E-state index in [9.17, 15) is 0 Å². The van der Waals surface area contributed by atoms with Crippen molar-refractivity contribution in [2.24, 2.45) is 0 Å². The first-order chi connectivity index (χ1) is 23.6. The van der Waals surface area contributed by atoms with E-state index >= 15 is 0 Å². The number of aryl methyl sites for hydroxylation is 3.